The van der Waals surface area contributed by atoms with Crippen LogP contribution in [0.2, 0.25) is 0 Å². The van der Waals surface area contributed by atoms with E-state index in [0.29, 0.717) is 11.1 Å². The van der Waals surface area contributed by atoms with E-state index in [0.717, 1.165) is 40.1 Å². The summed E-state index contributed by atoms with van der Waals surface area (Å²) in [5.74, 6) is 0.407. The summed E-state index contributed by atoms with van der Waals surface area (Å²) >= 11 is 0. The average molecular weight is 507 g/mol. The van der Waals surface area contributed by atoms with Crippen molar-refractivity contribution in [1.29, 1.82) is 0 Å². The summed E-state index contributed by atoms with van der Waals surface area (Å²) in [4.78, 5) is 12.4. The number of ether oxygens (including phenoxy) is 1. The monoisotopic (exact) mass is 506 g/mol. The number of aryl methyl sites for hydroxylation is 1. The minimum absolute atomic E-state index is 0.0993. The van der Waals surface area contributed by atoms with Crippen LogP contribution in [0.15, 0.2) is 72.8 Å². The van der Waals surface area contributed by atoms with E-state index in [-0.39, 0.29) is 31.3 Å². The molecule has 6 nitrogen and oxygen atoms in total. The van der Waals surface area contributed by atoms with E-state index >= 15 is 0 Å². The molecule has 0 saturated carbocycles. The number of nitrogens with zero attached hydrogens (tertiary/aromatic N) is 1. The Hall–Kier alpha value is -3.53. The fraction of sp³-hybridized carbons (Fsp3) is 0.240. The summed E-state index contributed by atoms with van der Waals surface area (Å²) < 4.78 is 70.4. The first-order valence-corrected chi connectivity index (χ1v) is 12.5. The molecule has 0 spiro atoms. The molecule has 35 heavy (non-hydrogen) atoms. The number of hydrogen-bond acceptors (Lipinski definition) is 4. The fourth-order valence-corrected chi connectivity index (χ4v) is 4.19. The summed E-state index contributed by atoms with van der Waals surface area (Å²) in [6.07, 6.45) is -3.67. The van der Waals surface area contributed by atoms with E-state index in [2.05, 4.69) is 5.32 Å². The van der Waals surface area contributed by atoms with Crippen LogP contribution in [0.3, 0.4) is 0 Å². The number of carbonyl (C=O) groups is 1. The lowest BCUT2D eigenvalue weighted by atomic mass is 10.1. The van der Waals surface area contributed by atoms with Gasteiger partial charge in [-0.1, -0.05) is 36.4 Å². The van der Waals surface area contributed by atoms with Crippen molar-refractivity contribution < 1.29 is 31.1 Å². The number of alkyl halides is 3. The van der Waals surface area contributed by atoms with Crippen LogP contribution in [-0.2, 0) is 22.7 Å². The van der Waals surface area contributed by atoms with Crippen molar-refractivity contribution in [2.24, 2.45) is 0 Å². The van der Waals surface area contributed by atoms with Gasteiger partial charge in [-0.05, 0) is 54.4 Å². The molecule has 0 bridgehead atoms. The number of carbonyl (C=O) groups excluding carboxylic acids is 1. The zero-order valence-corrected chi connectivity index (χ0v) is 20.0. The second-order valence-corrected chi connectivity index (χ2v) is 9.79. The third kappa shape index (κ3) is 7.22. The van der Waals surface area contributed by atoms with Gasteiger partial charge in [-0.2, -0.15) is 13.2 Å². The van der Waals surface area contributed by atoms with Gasteiger partial charge >= 0.3 is 6.18 Å². The van der Waals surface area contributed by atoms with Crippen LogP contribution in [0.1, 0.15) is 27.0 Å². The molecule has 3 aromatic carbocycles. The van der Waals surface area contributed by atoms with Crippen molar-refractivity contribution >= 4 is 21.6 Å². The predicted molar refractivity (Wildman–Crippen MR) is 128 cm³/mol. The van der Waals surface area contributed by atoms with Crippen molar-refractivity contribution in [3.63, 3.8) is 0 Å². The molecular weight excluding hydrogens is 481 g/mol. The zero-order chi connectivity index (χ0) is 25.6. The number of halogens is 3. The van der Waals surface area contributed by atoms with Gasteiger partial charge in [-0.3, -0.25) is 9.10 Å². The largest absolute Gasteiger partial charge is 0.491 e. The number of nitrogens with one attached hydrogen (secondary N) is 1. The first kappa shape index (κ1) is 26.1. The van der Waals surface area contributed by atoms with Crippen LogP contribution in [0.25, 0.3) is 0 Å². The molecule has 0 heterocycles. The molecule has 1 N–H and O–H groups in total. The van der Waals surface area contributed by atoms with Gasteiger partial charge in [-0.15, -0.1) is 0 Å². The Morgan fingerprint density at radius 2 is 1.69 bits per heavy atom. The van der Waals surface area contributed by atoms with Crippen molar-refractivity contribution in [2.45, 2.75) is 19.6 Å². The van der Waals surface area contributed by atoms with Crippen molar-refractivity contribution in [2.75, 3.05) is 23.7 Å². The molecule has 0 radical (unpaired) electrons. The highest BCUT2D eigenvalue weighted by Crippen LogP contribution is 2.32. The minimum Gasteiger partial charge on any atom is -0.491 e. The SMILES string of the molecule is Cc1ccccc1OCCNC(=O)c1ccc(CN(c2cccc(C(F)(F)F)c2)S(C)(=O)=O)cc1. The summed E-state index contributed by atoms with van der Waals surface area (Å²) in [5.41, 5.74) is 0.810. The van der Waals surface area contributed by atoms with E-state index in [4.69, 9.17) is 4.74 Å². The molecule has 0 aliphatic rings. The molecule has 1 amide bonds. The molecule has 186 valence electrons. The van der Waals surface area contributed by atoms with E-state index in [9.17, 15) is 26.4 Å². The Kier molecular flexibility index (Phi) is 8.06. The van der Waals surface area contributed by atoms with Crippen LogP contribution < -0.4 is 14.4 Å². The summed E-state index contributed by atoms with van der Waals surface area (Å²) in [5, 5.41) is 2.74. The Morgan fingerprint density at radius 3 is 2.31 bits per heavy atom. The second kappa shape index (κ2) is 10.8. The standard InChI is InChI=1S/C25H25F3N2O4S/c1-18-6-3-4-9-23(18)34-15-14-29-24(31)20-12-10-19(11-13-20)17-30(35(2,32)33)22-8-5-7-21(16-22)25(26,27)28/h3-13,16H,14-15,17H2,1-2H3,(H,29,31). The molecule has 3 rings (SSSR count). The molecule has 0 fully saturated rings. The fourth-order valence-electron chi connectivity index (χ4n) is 3.31. The number of rotatable bonds is 9. The van der Waals surface area contributed by atoms with E-state index in [1.165, 1.54) is 18.2 Å². The Balaban J connectivity index is 1.63. The molecular formula is C25H25F3N2O4S. The molecule has 0 aromatic heterocycles. The lowest BCUT2D eigenvalue weighted by molar-refractivity contribution is -0.137. The van der Waals surface area contributed by atoms with E-state index < -0.39 is 21.8 Å². The summed E-state index contributed by atoms with van der Waals surface area (Å²) in [7, 11) is -3.87. The maximum atomic E-state index is 13.1. The van der Waals surface area contributed by atoms with Crippen molar-refractivity contribution in [3.8, 4) is 5.75 Å². The Bertz CT molecular complexity index is 1280. The van der Waals surface area contributed by atoms with Gasteiger partial charge in [0.25, 0.3) is 5.91 Å². The van der Waals surface area contributed by atoms with Crippen LogP contribution in [-0.4, -0.2) is 33.7 Å². The topological polar surface area (TPSA) is 75.7 Å². The van der Waals surface area contributed by atoms with Crippen LogP contribution in [0, 0.1) is 6.92 Å². The lowest BCUT2D eigenvalue weighted by Crippen LogP contribution is -2.30. The first-order valence-electron chi connectivity index (χ1n) is 10.7. The van der Waals surface area contributed by atoms with Crippen LogP contribution in [0.4, 0.5) is 18.9 Å². The predicted octanol–water partition coefficient (Wildman–Crippen LogP) is 4.79. The number of sulfonamides is 1. The van der Waals surface area contributed by atoms with Gasteiger partial charge in [0.15, 0.2) is 0 Å². The molecule has 10 heteroatoms. The molecule has 0 saturated heterocycles. The molecule has 0 atom stereocenters. The third-order valence-electron chi connectivity index (χ3n) is 5.14. The van der Waals surface area contributed by atoms with Gasteiger partial charge in [0.2, 0.25) is 10.0 Å². The lowest BCUT2D eigenvalue weighted by Gasteiger charge is -2.23. The van der Waals surface area contributed by atoms with Gasteiger partial charge < -0.3 is 10.1 Å². The average Bonchev–Trinajstić information content (AvgIpc) is 2.80. The zero-order valence-electron chi connectivity index (χ0n) is 19.2. The van der Waals surface area contributed by atoms with Gasteiger partial charge in [0.05, 0.1) is 30.6 Å². The minimum atomic E-state index is -4.60. The van der Waals surface area contributed by atoms with E-state index in [1.807, 2.05) is 31.2 Å². The quantitative estimate of drug-likeness (QED) is 0.424. The van der Waals surface area contributed by atoms with Gasteiger partial charge in [0, 0.05) is 5.56 Å². The second-order valence-electron chi connectivity index (χ2n) is 7.88. The van der Waals surface area contributed by atoms with Crippen LogP contribution in [0.5, 0.6) is 5.75 Å². The number of hydrogen-bond donors (Lipinski definition) is 1. The number of amides is 1. The number of para-hydroxylation sites is 1. The molecule has 3 aromatic rings. The summed E-state index contributed by atoms with van der Waals surface area (Å²) in [6.45, 7) is 2.31. The molecule has 0 aliphatic heterocycles. The Morgan fingerprint density at radius 1 is 1.00 bits per heavy atom. The van der Waals surface area contributed by atoms with Crippen molar-refractivity contribution in [3.05, 3.63) is 95.1 Å². The summed E-state index contributed by atoms with van der Waals surface area (Å²) in [6, 6.07) is 17.8. The highest BCUT2D eigenvalue weighted by molar-refractivity contribution is 7.92. The maximum absolute atomic E-state index is 13.1. The normalized spacial score (nSPS) is 11.7. The number of benzene rings is 3. The van der Waals surface area contributed by atoms with Gasteiger partial charge in [0.1, 0.15) is 12.4 Å². The molecule has 0 unspecified atom stereocenters. The third-order valence-corrected chi connectivity index (χ3v) is 6.28. The Labute approximate surface area is 202 Å². The van der Waals surface area contributed by atoms with E-state index in [1.54, 1.807) is 12.1 Å². The van der Waals surface area contributed by atoms with Gasteiger partial charge in [-0.25, -0.2) is 8.42 Å². The highest BCUT2D eigenvalue weighted by atomic mass is 32.2. The number of anilines is 1. The molecule has 0 aliphatic carbocycles. The van der Waals surface area contributed by atoms with Crippen LogP contribution >= 0.6 is 0 Å². The smallest absolute Gasteiger partial charge is 0.416 e. The highest BCUT2D eigenvalue weighted by Gasteiger charge is 2.31. The maximum Gasteiger partial charge on any atom is 0.416 e. The first-order chi connectivity index (χ1) is 16.4. The van der Waals surface area contributed by atoms with Crippen molar-refractivity contribution in [1.82, 2.24) is 5.32 Å².